The molecule has 0 fully saturated rings. The molecule has 0 bridgehead atoms. The van der Waals surface area contributed by atoms with Crippen LogP contribution in [-0.4, -0.2) is 39.9 Å². The molecule has 0 amide bonds. The summed E-state index contributed by atoms with van der Waals surface area (Å²) in [6.07, 6.45) is 11.6. The van der Waals surface area contributed by atoms with E-state index >= 15 is 0 Å². The van der Waals surface area contributed by atoms with Gasteiger partial charge in [-0.15, -0.1) is 0 Å². The Morgan fingerprint density at radius 2 is 0.763 bits per heavy atom. The van der Waals surface area contributed by atoms with E-state index in [1.807, 2.05) is 60.7 Å². The molecule has 12 aromatic rings. The van der Waals surface area contributed by atoms with Crippen molar-refractivity contribution < 1.29 is 0 Å². The van der Waals surface area contributed by atoms with E-state index in [1.54, 1.807) is 48.9 Å². The highest BCUT2D eigenvalue weighted by molar-refractivity contribution is 7.99. The molecule has 2 aliphatic rings. The normalized spacial score (nSPS) is 12.3. The molecule has 0 unspecified atom stereocenters. The van der Waals surface area contributed by atoms with Gasteiger partial charge in [-0.3, -0.25) is 19.9 Å². The first-order chi connectivity index (χ1) is 37.7. The predicted molar refractivity (Wildman–Crippen MR) is 303 cm³/mol. The molecule has 0 radical (unpaired) electrons. The number of nitrogens with zero attached hydrogens (tertiary/aromatic N) is 10. The van der Waals surface area contributed by atoms with Gasteiger partial charge in [-0.1, -0.05) is 96.7 Å². The van der Waals surface area contributed by atoms with Crippen molar-refractivity contribution in [1.29, 1.82) is 0 Å². The summed E-state index contributed by atoms with van der Waals surface area (Å²) in [7, 11) is 0. The fourth-order valence-electron chi connectivity index (χ4n) is 10.3. The van der Waals surface area contributed by atoms with Crippen LogP contribution in [0.2, 0.25) is 0 Å². The minimum Gasteiger partial charge on any atom is -0.310 e. The van der Waals surface area contributed by atoms with Gasteiger partial charge in [0.15, 0.2) is 11.6 Å². The third kappa shape index (κ3) is 8.21. The number of anilines is 6. The van der Waals surface area contributed by atoms with Crippen LogP contribution < -0.4 is 9.80 Å². The summed E-state index contributed by atoms with van der Waals surface area (Å²) in [4.78, 5) is 46.9. The summed E-state index contributed by atoms with van der Waals surface area (Å²) in [5.41, 5.74) is 18.3. The number of para-hydroxylation sites is 4. The van der Waals surface area contributed by atoms with Crippen LogP contribution >= 0.6 is 11.8 Å². The summed E-state index contributed by atoms with van der Waals surface area (Å²) in [6.45, 7) is 0. The quantitative estimate of drug-likeness (QED) is 0.138. The van der Waals surface area contributed by atoms with Crippen molar-refractivity contribution in [3.63, 3.8) is 0 Å². The topological polar surface area (TPSA) is 110 Å². The van der Waals surface area contributed by atoms with Crippen molar-refractivity contribution in [2.24, 2.45) is 0 Å². The summed E-state index contributed by atoms with van der Waals surface area (Å²) >= 11 is 1.78. The molecule has 2 aliphatic heterocycles. The van der Waals surface area contributed by atoms with Crippen molar-refractivity contribution in [1.82, 2.24) is 39.9 Å². The van der Waals surface area contributed by atoms with Crippen LogP contribution in [0, 0.1) is 0 Å². The van der Waals surface area contributed by atoms with Gasteiger partial charge in [-0.2, -0.15) is 0 Å². The first-order valence-corrected chi connectivity index (χ1v) is 25.8. The fraction of sp³-hybridized carbons (Fsp3) is 0.0154. The Balaban J connectivity index is 1.07. The number of pyridine rings is 4. The molecule has 8 heterocycles. The van der Waals surface area contributed by atoms with Crippen LogP contribution in [0.4, 0.5) is 34.1 Å². The van der Waals surface area contributed by atoms with Gasteiger partial charge in [-0.05, 0) is 144 Å². The van der Waals surface area contributed by atoms with Gasteiger partial charge in [0.2, 0.25) is 0 Å². The summed E-state index contributed by atoms with van der Waals surface area (Å²) < 4.78 is 0. The molecule has 11 heteroatoms. The van der Waals surface area contributed by atoms with E-state index in [1.165, 1.54) is 20.9 Å². The second-order valence-corrected chi connectivity index (χ2v) is 19.5. The molecule has 6 aromatic heterocycles. The molecule has 10 nitrogen and oxygen atoms in total. The summed E-state index contributed by atoms with van der Waals surface area (Å²) in [5, 5.41) is 0. The Morgan fingerprint density at radius 3 is 1.22 bits per heavy atom. The predicted octanol–water partition coefficient (Wildman–Crippen LogP) is 15.8. The number of fused-ring (bicyclic) bond motifs is 4. The van der Waals surface area contributed by atoms with Crippen molar-refractivity contribution in [3.05, 3.63) is 255 Å². The van der Waals surface area contributed by atoms with E-state index in [0.29, 0.717) is 34.4 Å². The molecular weight excluding hydrogens is 953 g/mol. The molecule has 358 valence electrons. The van der Waals surface area contributed by atoms with Crippen molar-refractivity contribution >= 4 is 45.9 Å². The lowest BCUT2D eigenvalue weighted by Crippen LogP contribution is -2.18. The number of hydrogen-bond acceptors (Lipinski definition) is 11. The highest BCUT2D eigenvalue weighted by Crippen LogP contribution is 2.53. The smallest absolute Gasteiger partial charge is 0.162 e. The molecule has 14 rings (SSSR count). The lowest BCUT2D eigenvalue weighted by Gasteiger charge is -2.34. The van der Waals surface area contributed by atoms with Crippen LogP contribution in [0.15, 0.2) is 253 Å². The zero-order valence-corrected chi connectivity index (χ0v) is 41.5. The molecule has 0 saturated heterocycles. The fourth-order valence-corrected chi connectivity index (χ4v) is 11.4. The lowest BCUT2D eigenvalue weighted by molar-refractivity contribution is 1.09. The Morgan fingerprint density at radius 1 is 0.329 bits per heavy atom. The van der Waals surface area contributed by atoms with Crippen LogP contribution in [0.3, 0.4) is 0 Å². The van der Waals surface area contributed by atoms with Gasteiger partial charge in [0, 0.05) is 98.4 Å². The van der Waals surface area contributed by atoms with Gasteiger partial charge < -0.3 is 9.80 Å². The maximum atomic E-state index is 5.46. The Kier molecular flexibility index (Phi) is 11.3. The average Bonchev–Trinajstić information content (AvgIpc) is 3.51. The zero-order valence-electron chi connectivity index (χ0n) is 40.7. The number of hydrogen-bond donors (Lipinski definition) is 0. The average molecular weight is 995 g/mol. The van der Waals surface area contributed by atoms with E-state index in [9.17, 15) is 0 Å². The third-order valence-corrected chi connectivity index (χ3v) is 14.9. The molecule has 6 aromatic carbocycles. The number of benzene rings is 6. The third-order valence-electron chi connectivity index (χ3n) is 13.8. The Labute approximate surface area is 443 Å². The standard InChI is InChI=1S/C65H42N10S/c1-3-21-58-42(15-1)35-43-16-2-4-22-59(43)74(58)46-27-29-48(50(36-46)54-38-56(52-19-9-11-33-68-52)72-64(70-54)44-17-13-31-66-40-44)49-30-28-47(75-60-23-5-7-25-62(60)76-63-26-8-6-24-61(63)75)37-51(49)55-39-57(53-20-10-12-34-69-53)73-65(71-55)45-18-14-32-67-41-45/h1-34,36-41H,35H2. The minimum atomic E-state index is 0.530. The van der Waals surface area contributed by atoms with Gasteiger partial charge in [0.25, 0.3) is 0 Å². The van der Waals surface area contributed by atoms with Crippen LogP contribution in [0.25, 0.3) is 79.2 Å². The molecule has 0 aliphatic carbocycles. The lowest BCUT2D eigenvalue weighted by atomic mass is 9.89. The SMILES string of the molecule is c1ccc(-c2cc(-c3cc(N4c5ccccc5Cc5ccccc54)ccc3-c3ccc(N4c5ccccc5Sc5ccccc54)cc3-c3cc(-c4ccccn4)nc(-c4cccnc4)n3)nc(-c3cccnc3)n2)nc1. The molecular formula is C65H42N10S. The maximum absolute atomic E-state index is 5.46. The summed E-state index contributed by atoms with van der Waals surface area (Å²) in [6, 6.07) is 71.7. The molecule has 0 N–H and O–H groups in total. The zero-order chi connectivity index (χ0) is 50.4. The first kappa shape index (κ1) is 44.7. The molecule has 76 heavy (non-hydrogen) atoms. The summed E-state index contributed by atoms with van der Waals surface area (Å²) in [5.74, 6) is 1.06. The van der Waals surface area contributed by atoms with E-state index in [4.69, 9.17) is 29.9 Å². The number of rotatable bonds is 9. The molecule has 0 saturated carbocycles. The van der Waals surface area contributed by atoms with Gasteiger partial charge in [0.1, 0.15) is 0 Å². The molecule has 0 atom stereocenters. The van der Waals surface area contributed by atoms with Crippen molar-refractivity contribution in [3.8, 4) is 79.2 Å². The van der Waals surface area contributed by atoms with Gasteiger partial charge in [-0.25, -0.2) is 19.9 Å². The van der Waals surface area contributed by atoms with Gasteiger partial charge in [0.05, 0.1) is 45.5 Å². The monoisotopic (exact) mass is 994 g/mol. The van der Waals surface area contributed by atoms with Crippen LogP contribution in [0.5, 0.6) is 0 Å². The van der Waals surface area contributed by atoms with E-state index in [2.05, 4.69) is 165 Å². The Bertz CT molecular complexity index is 3670. The van der Waals surface area contributed by atoms with Gasteiger partial charge >= 0.3 is 0 Å². The highest BCUT2D eigenvalue weighted by atomic mass is 32.2. The van der Waals surface area contributed by atoms with E-state index in [0.717, 1.165) is 85.3 Å². The minimum absolute atomic E-state index is 0.530. The van der Waals surface area contributed by atoms with E-state index < -0.39 is 0 Å². The first-order valence-electron chi connectivity index (χ1n) is 25.0. The van der Waals surface area contributed by atoms with Crippen molar-refractivity contribution in [2.75, 3.05) is 9.80 Å². The second kappa shape index (κ2) is 19.1. The van der Waals surface area contributed by atoms with Crippen molar-refractivity contribution in [2.45, 2.75) is 16.2 Å². The Hall–Kier alpha value is -9.97. The van der Waals surface area contributed by atoms with Crippen LogP contribution in [-0.2, 0) is 6.42 Å². The molecule has 0 spiro atoms. The van der Waals surface area contributed by atoms with Crippen LogP contribution in [0.1, 0.15) is 11.1 Å². The maximum Gasteiger partial charge on any atom is 0.162 e. The number of aromatic nitrogens is 8. The van der Waals surface area contributed by atoms with E-state index in [-0.39, 0.29) is 0 Å². The largest absolute Gasteiger partial charge is 0.310 e. The highest BCUT2D eigenvalue weighted by Gasteiger charge is 2.29. The second-order valence-electron chi connectivity index (χ2n) is 18.4.